The van der Waals surface area contributed by atoms with Crippen molar-refractivity contribution in [2.45, 2.75) is 18.9 Å². The summed E-state index contributed by atoms with van der Waals surface area (Å²) < 4.78 is 5.38. The lowest BCUT2D eigenvalue weighted by atomic mass is 10.1. The lowest BCUT2D eigenvalue weighted by Gasteiger charge is -2.18. The maximum absolute atomic E-state index is 5.44. The molecular formula is C9H16N2OS. The van der Waals surface area contributed by atoms with E-state index in [4.69, 9.17) is 22.7 Å². The second-order valence-corrected chi connectivity index (χ2v) is 3.72. The summed E-state index contributed by atoms with van der Waals surface area (Å²) in [6, 6.07) is 0. The summed E-state index contributed by atoms with van der Waals surface area (Å²) in [5, 5.41) is 3.07. The van der Waals surface area contributed by atoms with Gasteiger partial charge in [0.05, 0.1) is 11.1 Å². The smallest absolute Gasteiger partial charge is 0.0994 e. The molecule has 0 amide bonds. The Morgan fingerprint density at radius 2 is 2.31 bits per heavy atom. The van der Waals surface area contributed by atoms with E-state index in [1.165, 1.54) is 12.8 Å². The Hall–Kier alpha value is -0.610. The van der Waals surface area contributed by atoms with E-state index < -0.39 is 0 Å². The van der Waals surface area contributed by atoms with Crippen LogP contribution in [0.25, 0.3) is 0 Å². The van der Waals surface area contributed by atoms with Crippen LogP contribution < -0.4 is 11.1 Å². The zero-order chi connectivity index (χ0) is 9.84. The Balaban J connectivity index is 2.66. The van der Waals surface area contributed by atoms with Gasteiger partial charge >= 0.3 is 0 Å². The molecule has 3 N–H and O–H groups in total. The molecular weight excluding hydrogens is 184 g/mol. The third-order valence-corrected chi connectivity index (χ3v) is 2.31. The van der Waals surface area contributed by atoms with Crippen LogP contribution in [0.5, 0.6) is 0 Å². The monoisotopic (exact) mass is 200 g/mol. The Labute approximate surface area is 84.3 Å². The van der Waals surface area contributed by atoms with Crippen molar-refractivity contribution < 1.29 is 4.74 Å². The maximum Gasteiger partial charge on any atom is 0.0994 e. The first kappa shape index (κ1) is 10.5. The highest BCUT2D eigenvalue weighted by molar-refractivity contribution is 7.80. The lowest BCUT2D eigenvalue weighted by Crippen LogP contribution is -2.26. The predicted molar refractivity (Wildman–Crippen MR) is 57.4 cm³/mol. The Morgan fingerprint density at radius 3 is 2.62 bits per heavy atom. The number of nitrogens with two attached hydrogens (primary N) is 1. The van der Waals surface area contributed by atoms with Crippen molar-refractivity contribution in [2.75, 3.05) is 14.2 Å². The van der Waals surface area contributed by atoms with Crippen molar-refractivity contribution in [2.24, 2.45) is 11.7 Å². The molecule has 1 aliphatic rings. The number of hydrogen-bond donors (Lipinski definition) is 2. The fourth-order valence-electron chi connectivity index (χ4n) is 1.42. The number of ether oxygens (including phenoxy) is 1. The lowest BCUT2D eigenvalue weighted by molar-refractivity contribution is 0.109. The van der Waals surface area contributed by atoms with Crippen LogP contribution >= 0.6 is 12.2 Å². The van der Waals surface area contributed by atoms with Gasteiger partial charge in [-0.05, 0) is 24.8 Å². The van der Waals surface area contributed by atoms with E-state index in [-0.39, 0.29) is 6.10 Å². The van der Waals surface area contributed by atoms with Gasteiger partial charge in [0.15, 0.2) is 0 Å². The van der Waals surface area contributed by atoms with Gasteiger partial charge in [0.2, 0.25) is 0 Å². The maximum atomic E-state index is 5.44. The third-order valence-electron chi connectivity index (χ3n) is 2.20. The molecule has 0 bridgehead atoms. The molecule has 0 aromatic carbocycles. The molecule has 0 aliphatic heterocycles. The van der Waals surface area contributed by atoms with Crippen molar-refractivity contribution in [1.29, 1.82) is 0 Å². The average Bonchev–Trinajstić information content (AvgIpc) is 2.87. The van der Waals surface area contributed by atoms with E-state index in [2.05, 4.69) is 5.32 Å². The van der Waals surface area contributed by atoms with Crippen LogP contribution in [-0.4, -0.2) is 25.2 Å². The van der Waals surface area contributed by atoms with Crippen LogP contribution in [0.2, 0.25) is 0 Å². The molecule has 1 aliphatic carbocycles. The summed E-state index contributed by atoms with van der Waals surface area (Å²) in [7, 11) is 3.58. The van der Waals surface area contributed by atoms with E-state index >= 15 is 0 Å². The molecule has 0 saturated heterocycles. The summed E-state index contributed by atoms with van der Waals surface area (Å²) in [4.78, 5) is 0.395. The molecule has 0 aromatic heterocycles. The predicted octanol–water partition coefficient (Wildman–Crippen LogP) is 0.801. The molecule has 4 heteroatoms. The number of methoxy groups -OCH3 is 1. The molecule has 1 saturated carbocycles. The highest BCUT2D eigenvalue weighted by Crippen LogP contribution is 2.36. The fraction of sp³-hybridized carbons (Fsp3) is 0.667. The van der Waals surface area contributed by atoms with E-state index in [0.29, 0.717) is 10.9 Å². The van der Waals surface area contributed by atoms with Gasteiger partial charge in [0.25, 0.3) is 0 Å². The number of nitrogens with one attached hydrogen (secondary N) is 1. The second kappa shape index (κ2) is 4.58. The Bertz CT molecular complexity index is 224. The first-order chi connectivity index (χ1) is 6.19. The van der Waals surface area contributed by atoms with Crippen LogP contribution in [0.1, 0.15) is 12.8 Å². The van der Waals surface area contributed by atoms with Crippen LogP contribution in [0, 0.1) is 5.92 Å². The first-order valence-electron chi connectivity index (χ1n) is 4.40. The van der Waals surface area contributed by atoms with Crippen LogP contribution in [0.3, 0.4) is 0 Å². The van der Waals surface area contributed by atoms with E-state index in [1.807, 2.05) is 7.05 Å². The van der Waals surface area contributed by atoms with Gasteiger partial charge < -0.3 is 15.8 Å². The topological polar surface area (TPSA) is 47.3 Å². The van der Waals surface area contributed by atoms with Gasteiger partial charge in [-0.25, -0.2) is 0 Å². The van der Waals surface area contributed by atoms with Crippen molar-refractivity contribution >= 4 is 17.2 Å². The summed E-state index contributed by atoms with van der Waals surface area (Å²) in [5.74, 6) is 0.637. The zero-order valence-corrected chi connectivity index (χ0v) is 8.86. The molecule has 0 radical (unpaired) electrons. The number of hydrogen-bond acceptors (Lipinski definition) is 3. The fourth-order valence-corrected chi connectivity index (χ4v) is 1.55. The Morgan fingerprint density at radius 1 is 1.69 bits per heavy atom. The van der Waals surface area contributed by atoms with Gasteiger partial charge in [-0.2, -0.15) is 0 Å². The molecule has 0 aromatic rings. The Kier molecular flexibility index (Phi) is 3.69. The van der Waals surface area contributed by atoms with Gasteiger partial charge in [-0.3, -0.25) is 0 Å². The van der Waals surface area contributed by atoms with Crippen LogP contribution in [-0.2, 0) is 4.74 Å². The van der Waals surface area contributed by atoms with Crippen molar-refractivity contribution in [1.82, 2.24) is 5.32 Å². The molecule has 1 rings (SSSR count). The molecule has 1 atom stereocenters. The van der Waals surface area contributed by atoms with Gasteiger partial charge in [0.1, 0.15) is 0 Å². The van der Waals surface area contributed by atoms with Crippen LogP contribution in [0.4, 0.5) is 0 Å². The standard InChI is InChI=1S/C9H16N2OS/c1-11-7(5-8(10)13)9(12-2)6-3-4-6/h5-6,9,11H,3-4H2,1-2H3,(H2,10,13)/b7-5-. The van der Waals surface area contributed by atoms with Crippen molar-refractivity contribution in [3.8, 4) is 0 Å². The normalized spacial score (nSPS) is 19.7. The quantitative estimate of drug-likeness (QED) is 0.509. The van der Waals surface area contributed by atoms with Gasteiger partial charge in [-0.15, -0.1) is 0 Å². The second-order valence-electron chi connectivity index (χ2n) is 3.25. The minimum Gasteiger partial charge on any atom is -0.390 e. The average molecular weight is 200 g/mol. The van der Waals surface area contributed by atoms with Gasteiger partial charge in [0, 0.05) is 19.9 Å². The summed E-state index contributed by atoms with van der Waals surface area (Å²) in [5.41, 5.74) is 6.43. The molecule has 74 valence electrons. The zero-order valence-electron chi connectivity index (χ0n) is 8.04. The largest absolute Gasteiger partial charge is 0.390 e. The highest BCUT2D eigenvalue weighted by atomic mass is 32.1. The molecule has 3 nitrogen and oxygen atoms in total. The summed E-state index contributed by atoms with van der Waals surface area (Å²) in [6.45, 7) is 0. The minimum absolute atomic E-state index is 0.131. The van der Waals surface area contributed by atoms with Gasteiger partial charge in [-0.1, -0.05) is 12.2 Å². The number of thiocarbonyl (C=S) groups is 1. The first-order valence-corrected chi connectivity index (χ1v) is 4.81. The summed E-state index contributed by atoms with van der Waals surface area (Å²) in [6.07, 6.45) is 4.36. The minimum atomic E-state index is 0.131. The SMILES string of the molecule is CN/C(=C\C(N)=S)C(OC)C1CC1. The van der Waals surface area contributed by atoms with Crippen LogP contribution in [0.15, 0.2) is 11.8 Å². The number of likely N-dealkylation sites (N-methyl/N-ethyl adjacent to an activating group) is 1. The van der Waals surface area contributed by atoms with Crippen molar-refractivity contribution in [3.63, 3.8) is 0 Å². The van der Waals surface area contributed by atoms with Crippen molar-refractivity contribution in [3.05, 3.63) is 11.8 Å². The van der Waals surface area contributed by atoms with E-state index in [9.17, 15) is 0 Å². The molecule has 1 unspecified atom stereocenters. The molecule has 0 heterocycles. The molecule has 0 spiro atoms. The molecule has 1 fully saturated rings. The molecule has 13 heavy (non-hydrogen) atoms. The van der Waals surface area contributed by atoms with E-state index in [1.54, 1.807) is 13.2 Å². The van der Waals surface area contributed by atoms with E-state index in [0.717, 1.165) is 5.70 Å². The highest BCUT2D eigenvalue weighted by Gasteiger charge is 2.33. The third kappa shape index (κ3) is 2.97. The number of rotatable bonds is 5. The summed E-state index contributed by atoms with van der Waals surface area (Å²) >= 11 is 4.82.